The number of aryl methyl sites for hydroxylation is 1. The zero-order valence-corrected chi connectivity index (χ0v) is 23.4. The van der Waals surface area contributed by atoms with Gasteiger partial charge in [-0.3, -0.25) is 9.36 Å². The number of aromatic nitrogens is 3. The van der Waals surface area contributed by atoms with Crippen LogP contribution in [0.3, 0.4) is 0 Å². The quantitative estimate of drug-likeness (QED) is 0.392. The molecule has 0 atom stereocenters. The van der Waals surface area contributed by atoms with Gasteiger partial charge in [0.25, 0.3) is 5.91 Å². The molecule has 1 aliphatic carbocycles. The maximum Gasteiger partial charge on any atom is 0.394 e. The molecular formula is C24H30ClF5N4O4S. The molecule has 1 N–H and O–H groups in total. The summed E-state index contributed by atoms with van der Waals surface area (Å²) in [5.74, 6) is -1.26. The number of carbonyl (C=O) groups excluding carboxylic acids is 1. The summed E-state index contributed by atoms with van der Waals surface area (Å²) in [7, 11) is -3.12. The van der Waals surface area contributed by atoms with Gasteiger partial charge in [0.2, 0.25) is 0 Å². The molecule has 39 heavy (non-hydrogen) atoms. The second-order valence-corrected chi connectivity index (χ2v) is 13.1. The van der Waals surface area contributed by atoms with Crippen molar-refractivity contribution in [2.45, 2.75) is 70.9 Å². The standard InChI is InChI=1S/C24H30ClF5N4O4S/c1-13-33-18(21(35)32-11-14-5-7-16(8-6-14)39(4,36)37)19(25)34(13)20-17(38-22(26)27)9-15(12-31-20)10-23(2,3)24(28,29)30/h9,12,14,16,22H,5-8,10-11H2,1-4H3,(H,32,35)/t14-,16-. The number of hydrogen-bond acceptors (Lipinski definition) is 6. The fourth-order valence-electron chi connectivity index (χ4n) is 4.52. The number of halogens is 6. The lowest BCUT2D eigenvalue weighted by Crippen LogP contribution is -2.34. The molecule has 1 aliphatic rings. The first-order valence-electron chi connectivity index (χ1n) is 12.1. The van der Waals surface area contributed by atoms with Crippen LogP contribution in [0.25, 0.3) is 5.82 Å². The number of hydrogen-bond donors (Lipinski definition) is 1. The summed E-state index contributed by atoms with van der Waals surface area (Å²) in [5.41, 5.74) is -2.35. The highest BCUT2D eigenvalue weighted by molar-refractivity contribution is 7.91. The molecule has 0 bridgehead atoms. The fourth-order valence-corrected chi connectivity index (χ4v) is 5.98. The SMILES string of the molecule is Cc1nc(C(=O)NC[C@H]2CC[C@H](S(C)(=O)=O)CC2)c(Cl)n1-c1ncc(CC(C)(C)C(F)(F)F)cc1OC(F)F. The number of nitrogens with zero attached hydrogens (tertiary/aromatic N) is 3. The van der Waals surface area contributed by atoms with Crippen LogP contribution >= 0.6 is 11.6 Å². The van der Waals surface area contributed by atoms with Crippen molar-refractivity contribution in [2.75, 3.05) is 12.8 Å². The van der Waals surface area contributed by atoms with Crippen LogP contribution in [0.1, 0.15) is 61.4 Å². The summed E-state index contributed by atoms with van der Waals surface area (Å²) in [4.78, 5) is 21.0. The number of rotatable bonds is 9. The Morgan fingerprint density at radius 2 is 1.85 bits per heavy atom. The second-order valence-electron chi connectivity index (χ2n) is 10.4. The van der Waals surface area contributed by atoms with Crippen LogP contribution < -0.4 is 10.1 Å². The van der Waals surface area contributed by atoms with Crippen LogP contribution in [-0.2, 0) is 16.3 Å². The van der Waals surface area contributed by atoms with Gasteiger partial charge in [-0.25, -0.2) is 18.4 Å². The normalized spacial score (nSPS) is 18.8. The number of alkyl halides is 5. The van der Waals surface area contributed by atoms with Gasteiger partial charge in [0.1, 0.15) is 20.8 Å². The minimum Gasteiger partial charge on any atom is -0.431 e. The van der Waals surface area contributed by atoms with E-state index in [-0.39, 0.29) is 45.8 Å². The third-order valence-corrected chi connectivity index (χ3v) is 8.92. The maximum atomic E-state index is 13.3. The number of imidazole rings is 1. The molecule has 0 saturated heterocycles. The van der Waals surface area contributed by atoms with Gasteiger partial charge in [-0.1, -0.05) is 25.4 Å². The predicted molar refractivity (Wildman–Crippen MR) is 134 cm³/mol. The van der Waals surface area contributed by atoms with E-state index < -0.39 is 46.1 Å². The first kappa shape index (κ1) is 31.1. The van der Waals surface area contributed by atoms with Crippen LogP contribution in [0.15, 0.2) is 12.3 Å². The Labute approximate surface area is 228 Å². The molecular weight excluding hydrogens is 571 g/mol. The van der Waals surface area contributed by atoms with E-state index in [1.165, 1.54) is 13.2 Å². The summed E-state index contributed by atoms with van der Waals surface area (Å²) >= 11 is 6.41. The lowest BCUT2D eigenvalue weighted by molar-refractivity contribution is -0.211. The Bertz CT molecular complexity index is 1310. The summed E-state index contributed by atoms with van der Waals surface area (Å²) in [6.07, 6.45) is -0.531. The minimum absolute atomic E-state index is 0.00850. The molecule has 3 rings (SSSR count). The fraction of sp³-hybridized carbons (Fsp3) is 0.625. The van der Waals surface area contributed by atoms with Gasteiger partial charge in [0, 0.05) is 19.0 Å². The van der Waals surface area contributed by atoms with Crippen LogP contribution in [0.2, 0.25) is 5.15 Å². The Morgan fingerprint density at radius 3 is 2.38 bits per heavy atom. The van der Waals surface area contributed by atoms with Gasteiger partial charge in [-0.05, 0) is 56.6 Å². The highest BCUT2D eigenvalue weighted by atomic mass is 35.5. The van der Waals surface area contributed by atoms with Crippen molar-refractivity contribution in [3.8, 4) is 11.6 Å². The largest absolute Gasteiger partial charge is 0.431 e. The Morgan fingerprint density at radius 1 is 1.23 bits per heavy atom. The van der Waals surface area contributed by atoms with Crippen molar-refractivity contribution >= 4 is 27.3 Å². The smallest absolute Gasteiger partial charge is 0.394 e. The van der Waals surface area contributed by atoms with Crippen molar-refractivity contribution in [3.05, 3.63) is 34.5 Å². The second kappa shape index (κ2) is 11.6. The predicted octanol–water partition coefficient (Wildman–Crippen LogP) is 5.29. The molecule has 2 aromatic rings. The van der Waals surface area contributed by atoms with Gasteiger partial charge in [-0.15, -0.1) is 0 Å². The topological polar surface area (TPSA) is 103 Å². The molecule has 218 valence electrons. The third-order valence-electron chi connectivity index (χ3n) is 6.89. The van der Waals surface area contributed by atoms with Gasteiger partial charge >= 0.3 is 12.8 Å². The first-order valence-corrected chi connectivity index (χ1v) is 14.5. The summed E-state index contributed by atoms with van der Waals surface area (Å²) in [6, 6.07) is 1.03. The molecule has 2 aromatic heterocycles. The van der Waals surface area contributed by atoms with Crippen molar-refractivity contribution in [1.29, 1.82) is 0 Å². The van der Waals surface area contributed by atoms with E-state index in [4.69, 9.17) is 11.6 Å². The molecule has 1 amide bonds. The maximum absolute atomic E-state index is 13.3. The average Bonchev–Trinajstić information content (AvgIpc) is 3.10. The highest BCUT2D eigenvalue weighted by Gasteiger charge is 2.47. The van der Waals surface area contributed by atoms with E-state index in [9.17, 15) is 35.2 Å². The Balaban J connectivity index is 1.82. The van der Waals surface area contributed by atoms with E-state index >= 15 is 0 Å². The van der Waals surface area contributed by atoms with Gasteiger partial charge in [0.15, 0.2) is 17.3 Å². The van der Waals surface area contributed by atoms with E-state index in [2.05, 4.69) is 20.0 Å². The molecule has 1 fully saturated rings. The van der Waals surface area contributed by atoms with Gasteiger partial charge < -0.3 is 10.1 Å². The molecule has 0 radical (unpaired) electrons. The molecule has 0 aromatic carbocycles. The third kappa shape index (κ3) is 7.38. The molecule has 0 aliphatic heterocycles. The van der Waals surface area contributed by atoms with Crippen LogP contribution in [0.4, 0.5) is 22.0 Å². The van der Waals surface area contributed by atoms with Gasteiger partial charge in [-0.2, -0.15) is 22.0 Å². The number of amides is 1. The molecule has 15 heteroatoms. The monoisotopic (exact) mass is 600 g/mol. The van der Waals surface area contributed by atoms with Crippen LogP contribution in [-0.4, -0.2) is 59.7 Å². The van der Waals surface area contributed by atoms with Crippen LogP contribution in [0, 0.1) is 18.3 Å². The van der Waals surface area contributed by atoms with Crippen molar-refractivity contribution in [3.63, 3.8) is 0 Å². The molecule has 2 heterocycles. The number of ether oxygens (including phenoxy) is 1. The van der Waals surface area contributed by atoms with Crippen molar-refractivity contribution in [1.82, 2.24) is 19.9 Å². The van der Waals surface area contributed by atoms with E-state index in [0.29, 0.717) is 25.7 Å². The number of pyridine rings is 1. The molecule has 0 unspecified atom stereocenters. The lowest BCUT2D eigenvalue weighted by atomic mass is 9.85. The van der Waals surface area contributed by atoms with Crippen LogP contribution in [0.5, 0.6) is 5.75 Å². The number of carbonyl (C=O) groups is 1. The Kier molecular flexibility index (Phi) is 9.20. The summed E-state index contributed by atoms with van der Waals surface area (Å²) in [6.45, 7) is 0.365. The summed E-state index contributed by atoms with van der Waals surface area (Å²) < 4.78 is 95.5. The highest BCUT2D eigenvalue weighted by Crippen LogP contribution is 2.41. The molecule has 8 nitrogen and oxygen atoms in total. The number of nitrogens with one attached hydrogen (secondary N) is 1. The van der Waals surface area contributed by atoms with Crippen molar-refractivity contribution < 1.29 is 39.9 Å². The van der Waals surface area contributed by atoms with E-state index in [1.807, 2.05) is 0 Å². The summed E-state index contributed by atoms with van der Waals surface area (Å²) in [5, 5.41) is 2.09. The Hall–Kier alpha value is -2.48. The molecule has 0 spiro atoms. The molecule has 1 saturated carbocycles. The lowest BCUT2D eigenvalue weighted by Gasteiger charge is -2.27. The first-order chi connectivity index (χ1) is 17.9. The zero-order chi connectivity index (χ0) is 29.3. The van der Waals surface area contributed by atoms with E-state index in [0.717, 1.165) is 30.7 Å². The van der Waals surface area contributed by atoms with E-state index in [1.54, 1.807) is 0 Å². The number of sulfone groups is 1. The average molecular weight is 601 g/mol. The van der Waals surface area contributed by atoms with Gasteiger partial charge in [0.05, 0.1) is 10.7 Å². The zero-order valence-electron chi connectivity index (χ0n) is 21.8. The van der Waals surface area contributed by atoms with Crippen molar-refractivity contribution in [2.24, 2.45) is 11.3 Å². The minimum atomic E-state index is -4.55.